The number of allylic oxidation sites excluding steroid dienone is 1. The lowest BCUT2D eigenvalue weighted by atomic mass is 10.0. The molecule has 0 aromatic heterocycles. The second-order valence-electron chi connectivity index (χ2n) is 6.18. The van der Waals surface area contributed by atoms with Crippen molar-refractivity contribution < 1.29 is 18.7 Å². The van der Waals surface area contributed by atoms with Crippen molar-refractivity contribution in [2.75, 3.05) is 13.2 Å². The van der Waals surface area contributed by atoms with Crippen molar-refractivity contribution in [2.24, 2.45) is 5.92 Å². The molecule has 6 heteroatoms. The number of esters is 1. The van der Waals surface area contributed by atoms with E-state index in [1.807, 2.05) is 13.8 Å². The number of amides is 1. The second kappa shape index (κ2) is 7.83. The number of halogens is 2. The zero-order chi connectivity index (χ0) is 18.7. The number of benzene rings is 1. The Balaban J connectivity index is 2.59. The Bertz CT molecular complexity index is 748. The molecule has 0 N–H and O–H groups in total. The molecule has 2 rings (SSSR count). The van der Waals surface area contributed by atoms with Gasteiger partial charge in [0.25, 0.3) is 5.91 Å². The molecule has 0 radical (unpaired) electrons. The standard InChI is InChI=1S/C19H21ClFNO3/c1-5-25-19(24)17-12(4)22(10-11(2)3)18(23)14(17)9-13-15(20)7-6-8-16(13)21/h6-9,11H,5,10H2,1-4H3/b14-9+. The molecule has 0 unspecified atom stereocenters. The molecule has 4 nitrogen and oxygen atoms in total. The number of carbonyl (C=O) groups excluding carboxylic acids is 2. The van der Waals surface area contributed by atoms with Gasteiger partial charge in [0.2, 0.25) is 0 Å². The van der Waals surface area contributed by atoms with Gasteiger partial charge in [-0.05, 0) is 38.0 Å². The Morgan fingerprint density at radius 2 is 2.08 bits per heavy atom. The number of rotatable bonds is 5. The highest BCUT2D eigenvalue weighted by Crippen LogP contribution is 2.34. The smallest absolute Gasteiger partial charge is 0.340 e. The molecule has 1 heterocycles. The normalized spacial score (nSPS) is 16.4. The molecule has 134 valence electrons. The van der Waals surface area contributed by atoms with Crippen LogP contribution in [0.3, 0.4) is 0 Å². The first-order valence-corrected chi connectivity index (χ1v) is 8.51. The third-order valence-electron chi connectivity index (χ3n) is 3.83. The molecule has 0 aliphatic carbocycles. The van der Waals surface area contributed by atoms with E-state index in [0.29, 0.717) is 12.2 Å². The number of ether oxygens (including phenoxy) is 1. The van der Waals surface area contributed by atoms with E-state index in [1.54, 1.807) is 13.8 Å². The fourth-order valence-electron chi connectivity index (χ4n) is 2.71. The summed E-state index contributed by atoms with van der Waals surface area (Å²) in [6.07, 6.45) is 1.33. The molecule has 0 atom stereocenters. The average molecular weight is 366 g/mol. The summed E-state index contributed by atoms with van der Waals surface area (Å²) in [5, 5.41) is 0.170. The fourth-order valence-corrected chi connectivity index (χ4v) is 2.92. The van der Waals surface area contributed by atoms with E-state index in [4.69, 9.17) is 16.3 Å². The van der Waals surface area contributed by atoms with E-state index in [2.05, 4.69) is 0 Å². The van der Waals surface area contributed by atoms with Crippen LogP contribution in [0.5, 0.6) is 0 Å². The molecule has 0 fully saturated rings. The Morgan fingerprint density at radius 1 is 1.40 bits per heavy atom. The van der Waals surface area contributed by atoms with Crippen molar-refractivity contribution in [1.82, 2.24) is 4.90 Å². The minimum absolute atomic E-state index is 0.0773. The second-order valence-corrected chi connectivity index (χ2v) is 6.59. The largest absolute Gasteiger partial charge is 0.462 e. The first-order valence-electron chi connectivity index (χ1n) is 8.13. The summed E-state index contributed by atoms with van der Waals surface area (Å²) in [4.78, 5) is 26.7. The van der Waals surface area contributed by atoms with E-state index in [0.717, 1.165) is 0 Å². The van der Waals surface area contributed by atoms with Crippen LogP contribution in [0.1, 0.15) is 33.3 Å². The first kappa shape index (κ1) is 19.2. The molecule has 1 aliphatic heterocycles. The van der Waals surface area contributed by atoms with E-state index >= 15 is 0 Å². The first-order chi connectivity index (χ1) is 11.8. The topological polar surface area (TPSA) is 46.6 Å². The molecular formula is C19H21ClFNO3. The van der Waals surface area contributed by atoms with Gasteiger partial charge in [-0.3, -0.25) is 4.79 Å². The highest BCUT2D eigenvalue weighted by molar-refractivity contribution is 6.32. The van der Waals surface area contributed by atoms with Gasteiger partial charge in [0, 0.05) is 17.8 Å². The van der Waals surface area contributed by atoms with Crippen molar-refractivity contribution in [1.29, 1.82) is 0 Å². The molecule has 1 aromatic rings. The summed E-state index contributed by atoms with van der Waals surface area (Å²) in [6, 6.07) is 4.27. The van der Waals surface area contributed by atoms with Crippen LogP contribution in [-0.2, 0) is 14.3 Å². The van der Waals surface area contributed by atoms with Gasteiger partial charge in [-0.15, -0.1) is 0 Å². The van der Waals surface area contributed by atoms with Crippen molar-refractivity contribution >= 4 is 29.6 Å². The van der Waals surface area contributed by atoms with Crippen molar-refractivity contribution in [3.8, 4) is 0 Å². The number of carbonyl (C=O) groups is 2. The van der Waals surface area contributed by atoms with Crippen LogP contribution < -0.4 is 0 Å². The number of nitrogens with zero attached hydrogens (tertiary/aromatic N) is 1. The van der Waals surface area contributed by atoms with Gasteiger partial charge in [0.15, 0.2) is 0 Å². The number of hydrogen-bond donors (Lipinski definition) is 0. The van der Waals surface area contributed by atoms with Crippen LogP contribution in [0.15, 0.2) is 35.0 Å². The van der Waals surface area contributed by atoms with Gasteiger partial charge in [-0.1, -0.05) is 31.5 Å². The summed E-state index contributed by atoms with van der Waals surface area (Å²) in [6.45, 7) is 7.96. The molecule has 0 bridgehead atoms. The summed E-state index contributed by atoms with van der Waals surface area (Å²) >= 11 is 6.06. The molecule has 0 saturated heterocycles. The molecular weight excluding hydrogens is 345 g/mol. The minimum Gasteiger partial charge on any atom is -0.462 e. The van der Waals surface area contributed by atoms with Crippen LogP contribution in [0.2, 0.25) is 5.02 Å². The maximum absolute atomic E-state index is 14.1. The minimum atomic E-state index is -0.599. The highest BCUT2D eigenvalue weighted by atomic mass is 35.5. The number of hydrogen-bond acceptors (Lipinski definition) is 3. The van der Waals surface area contributed by atoms with Gasteiger partial charge in [-0.25, -0.2) is 9.18 Å². The van der Waals surface area contributed by atoms with Gasteiger partial charge >= 0.3 is 5.97 Å². The SMILES string of the molecule is CCOC(=O)C1=C(C)N(CC(C)C)C(=O)/C1=C/c1c(F)cccc1Cl. The zero-order valence-electron chi connectivity index (χ0n) is 14.7. The van der Waals surface area contributed by atoms with E-state index in [9.17, 15) is 14.0 Å². The summed E-state index contributed by atoms with van der Waals surface area (Å²) in [5.41, 5.74) is 0.847. The Morgan fingerprint density at radius 3 is 2.64 bits per heavy atom. The van der Waals surface area contributed by atoms with Crippen molar-refractivity contribution in [3.63, 3.8) is 0 Å². The Kier molecular flexibility index (Phi) is 6.01. The van der Waals surface area contributed by atoms with Gasteiger partial charge in [0.1, 0.15) is 5.82 Å². The molecule has 25 heavy (non-hydrogen) atoms. The third-order valence-corrected chi connectivity index (χ3v) is 4.16. The summed E-state index contributed by atoms with van der Waals surface area (Å²) in [7, 11) is 0. The van der Waals surface area contributed by atoms with Crippen molar-refractivity contribution in [3.05, 3.63) is 51.4 Å². The Hall–Kier alpha value is -2.14. The maximum atomic E-state index is 14.1. The molecule has 0 spiro atoms. The average Bonchev–Trinajstić information content (AvgIpc) is 2.75. The van der Waals surface area contributed by atoms with Crippen LogP contribution in [0.4, 0.5) is 4.39 Å². The summed E-state index contributed by atoms with van der Waals surface area (Å²) < 4.78 is 19.2. The lowest BCUT2D eigenvalue weighted by Crippen LogP contribution is -2.29. The third kappa shape index (κ3) is 3.93. The van der Waals surface area contributed by atoms with Crippen LogP contribution in [0, 0.1) is 11.7 Å². The van der Waals surface area contributed by atoms with Crippen molar-refractivity contribution in [2.45, 2.75) is 27.7 Å². The summed E-state index contributed by atoms with van der Waals surface area (Å²) in [5.74, 6) is -1.30. The van der Waals surface area contributed by atoms with Gasteiger partial charge in [-0.2, -0.15) is 0 Å². The fraction of sp³-hybridized carbons (Fsp3) is 0.368. The monoisotopic (exact) mass is 365 g/mol. The van der Waals surface area contributed by atoms with Crippen LogP contribution in [0.25, 0.3) is 6.08 Å². The predicted molar refractivity (Wildman–Crippen MR) is 95.3 cm³/mol. The van der Waals surface area contributed by atoms with Gasteiger partial charge in [0.05, 0.1) is 22.8 Å². The Labute approximate surface area is 151 Å². The maximum Gasteiger partial charge on any atom is 0.340 e. The van der Waals surface area contributed by atoms with E-state index in [-0.39, 0.29) is 40.2 Å². The van der Waals surface area contributed by atoms with Gasteiger partial charge < -0.3 is 9.64 Å². The molecule has 1 aliphatic rings. The van der Waals surface area contributed by atoms with E-state index < -0.39 is 11.8 Å². The lowest BCUT2D eigenvalue weighted by Gasteiger charge is -2.20. The molecule has 0 saturated carbocycles. The van der Waals surface area contributed by atoms with Crippen LogP contribution in [-0.4, -0.2) is 29.9 Å². The predicted octanol–water partition coefficient (Wildman–Crippen LogP) is 4.20. The van der Waals surface area contributed by atoms with Crippen LogP contribution >= 0.6 is 11.6 Å². The molecule has 1 aromatic carbocycles. The highest BCUT2D eigenvalue weighted by Gasteiger charge is 2.37. The molecule has 1 amide bonds. The van der Waals surface area contributed by atoms with E-state index in [1.165, 1.54) is 29.2 Å². The zero-order valence-corrected chi connectivity index (χ0v) is 15.5. The quantitative estimate of drug-likeness (QED) is 0.580. The lowest BCUT2D eigenvalue weighted by molar-refractivity contribution is -0.138.